The second-order valence-corrected chi connectivity index (χ2v) is 5.05. The Labute approximate surface area is 103 Å². The molecule has 90 valence electrons. The summed E-state index contributed by atoms with van der Waals surface area (Å²) in [7, 11) is 0. The summed E-state index contributed by atoms with van der Waals surface area (Å²) in [5.41, 5.74) is -0.957. The van der Waals surface area contributed by atoms with Gasteiger partial charge in [-0.15, -0.1) is 11.3 Å². The highest BCUT2D eigenvalue weighted by Crippen LogP contribution is 2.24. The molecular formula is C12H13NO3S. The van der Waals surface area contributed by atoms with Gasteiger partial charge < -0.3 is 15.5 Å². The monoisotopic (exact) mass is 251 g/mol. The molecule has 0 amide bonds. The lowest BCUT2D eigenvalue weighted by Crippen LogP contribution is -2.41. The van der Waals surface area contributed by atoms with Crippen molar-refractivity contribution in [1.82, 2.24) is 0 Å². The second-order valence-electron chi connectivity index (χ2n) is 4.11. The molecule has 17 heavy (non-hydrogen) atoms. The number of nitrogens with one attached hydrogen (secondary N) is 1. The van der Waals surface area contributed by atoms with Crippen LogP contribution in [0, 0.1) is 0 Å². The molecule has 1 unspecified atom stereocenters. The van der Waals surface area contributed by atoms with E-state index in [-0.39, 0.29) is 6.54 Å². The van der Waals surface area contributed by atoms with Crippen molar-refractivity contribution >= 4 is 33.1 Å². The van der Waals surface area contributed by atoms with Crippen LogP contribution in [-0.2, 0) is 4.79 Å². The summed E-state index contributed by atoms with van der Waals surface area (Å²) in [5.74, 6) is -1.23. The minimum absolute atomic E-state index is 0.0298. The van der Waals surface area contributed by atoms with Gasteiger partial charge in [-0.1, -0.05) is 0 Å². The number of aliphatic carboxylic acids is 1. The molecule has 0 saturated heterocycles. The first-order valence-corrected chi connectivity index (χ1v) is 6.04. The lowest BCUT2D eigenvalue weighted by Gasteiger charge is -2.19. The Morgan fingerprint density at radius 3 is 2.94 bits per heavy atom. The van der Waals surface area contributed by atoms with Crippen molar-refractivity contribution in [2.75, 3.05) is 11.9 Å². The number of carboxylic acid groups (broad SMARTS) is 1. The van der Waals surface area contributed by atoms with Gasteiger partial charge in [-0.05, 0) is 42.0 Å². The number of hydrogen-bond donors (Lipinski definition) is 3. The topological polar surface area (TPSA) is 69.6 Å². The van der Waals surface area contributed by atoms with Gasteiger partial charge >= 0.3 is 5.97 Å². The highest BCUT2D eigenvalue weighted by atomic mass is 32.1. The molecule has 0 aliphatic heterocycles. The summed E-state index contributed by atoms with van der Waals surface area (Å²) in [6.45, 7) is 1.24. The van der Waals surface area contributed by atoms with Crippen molar-refractivity contribution < 1.29 is 15.0 Å². The van der Waals surface area contributed by atoms with Crippen LogP contribution in [0.4, 0.5) is 5.69 Å². The van der Waals surface area contributed by atoms with Gasteiger partial charge in [-0.3, -0.25) is 0 Å². The van der Waals surface area contributed by atoms with E-state index in [1.165, 1.54) is 11.6 Å². The largest absolute Gasteiger partial charge is 0.479 e. The van der Waals surface area contributed by atoms with Gasteiger partial charge in [0, 0.05) is 10.4 Å². The van der Waals surface area contributed by atoms with Crippen LogP contribution in [0.5, 0.6) is 0 Å². The molecule has 4 nitrogen and oxygen atoms in total. The molecule has 0 fully saturated rings. The van der Waals surface area contributed by atoms with Crippen LogP contribution < -0.4 is 5.32 Å². The fourth-order valence-electron chi connectivity index (χ4n) is 1.43. The predicted octanol–water partition coefficient (Wildman–Crippen LogP) is 2.15. The molecule has 0 bridgehead atoms. The standard InChI is InChI=1S/C12H13NO3S/c1-12(16,11(14)15)7-13-9-2-3-10-8(6-9)4-5-17-10/h2-6,13,16H,7H2,1H3,(H,14,15). The number of carboxylic acids is 1. The summed E-state index contributed by atoms with van der Waals surface area (Å²) in [6, 6.07) is 7.78. The lowest BCUT2D eigenvalue weighted by molar-refractivity contribution is -0.155. The van der Waals surface area contributed by atoms with Crippen molar-refractivity contribution in [1.29, 1.82) is 0 Å². The maximum absolute atomic E-state index is 10.7. The van der Waals surface area contributed by atoms with Crippen molar-refractivity contribution in [2.45, 2.75) is 12.5 Å². The molecule has 1 heterocycles. The number of aliphatic hydroxyl groups is 1. The van der Waals surface area contributed by atoms with Crippen LogP contribution in [0.15, 0.2) is 29.6 Å². The Morgan fingerprint density at radius 2 is 2.24 bits per heavy atom. The molecule has 1 atom stereocenters. The van der Waals surface area contributed by atoms with Gasteiger partial charge in [0.05, 0.1) is 6.54 Å². The van der Waals surface area contributed by atoms with Gasteiger partial charge in [0.2, 0.25) is 0 Å². The van der Waals surface area contributed by atoms with Crippen molar-refractivity contribution in [3.05, 3.63) is 29.6 Å². The maximum atomic E-state index is 10.7. The number of thiophene rings is 1. The van der Waals surface area contributed by atoms with E-state index < -0.39 is 11.6 Å². The molecule has 1 aromatic heterocycles. The first-order chi connectivity index (χ1) is 7.99. The fraction of sp³-hybridized carbons (Fsp3) is 0.250. The molecule has 2 rings (SSSR count). The average molecular weight is 251 g/mol. The molecule has 0 aliphatic carbocycles. The Balaban J connectivity index is 2.11. The zero-order valence-electron chi connectivity index (χ0n) is 9.30. The van der Waals surface area contributed by atoms with E-state index in [0.717, 1.165) is 11.1 Å². The first kappa shape index (κ1) is 11.9. The highest BCUT2D eigenvalue weighted by molar-refractivity contribution is 7.17. The smallest absolute Gasteiger partial charge is 0.337 e. The van der Waals surface area contributed by atoms with Crippen LogP contribution in [0.3, 0.4) is 0 Å². The minimum atomic E-state index is -1.76. The highest BCUT2D eigenvalue weighted by Gasteiger charge is 2.29. The predicted molar refractivity (Wildman–Crippen MR) is 68.6 cm³/mol. The first-order valence-electron chi connectivity index (χ1n) is 5.16. The number of carbonyl (C=O) groups is 1. The quantitative estimate of drug-likeness (QED) is 0.778. The Hall–Kier alpha value is -1.59. The molecule has 3 N–H and O–H groups in total. The molecule has 2 aromatic rings. The lowest BCUT2D eigenvalue weighted by atomic mass is 10.1. The van der Waals surface area contributed by atoms with Gasteiger partial charge in [-0.25, -0.2) is 4.79 Å². The molecule has 0 saturated carbocycles. The van der Waals surface area contributed by atoms with Gasteiger partial charge in [0.1, 0.15) is 0 Å². The van der Waals surface area contributed by atoms with E-state index in [4.69, 9.17) is 5.11 Å². The third-order valence-electron chi connectivity index (χ3n) is 2.55. The zero-order valence-corrected chi connectivity index (χ0v) is 10.1. The third-order valence-corrected chi connectivity index (χ3v) is 3.45. The van der Waals surface area contributed by atoms with Crippen molar-refractivity contribution in [3.8, 4) is 0 Å². The Morgan fingerprint density at radius 1 is 1.47 bits per heavy atom. The van der Waals surface area contributed by atoms with E-state index in [2.05, 4.69) is 5.32 Å². The zero-order chi connectivity index (χ0) is 12.5. The van der Waals surface area contributed by atoms with Crippen LogP contribution in [0.2, 0.25) is 0 Å². The molecule has 1 aromatic carbocycles. The Bertz CT molecular complexity index is 547. The van der Waals surface area contributed by atoms with Crippen molar-refractivity contribution in [2.24, 2.45) is 0 Å². The van der Waals surface area contributed by atoms with Crippen molar-refractivity contribution in [3.63, 3.8) is 0 Å². The van der Waals surface area contributed by atoms with Crippen LogP contribution >= 0.6 is 11.3 Å². The Kier molecular flexibility index (Phi) is 3.04. The summed E-state index contributed by atoms with van der Waals surface area (Å²) in [6.07, 6.45) is 0. The summed E-state index contributed by atoms with van der Waals surface area (Å²) in [5, 5.41) is 24.4. The molecule has 0 aliphatic rings. The minimum Gasteiger partial charge on any atom is -0.479 e. The molecule has 0 radical (unpaired) electrons. The van der Waals surface area contributed by atoms with E-state index in [1.54, 1.807) is 11.3 Å². The van der Waals surface area contributed by atoms with Gasteiger partial charge in [0.25, 0.3) is 0 Å². The van der Waals surface area contributed by atoms with Crippen LogP contribution in [0.1, 0.15) is 6.92 Å². The van der Waals surface area contributed by atoms with E-state index in [1.807, 2.05) is 29.6 Å². The number of rotatable bonds is 4. The maximum Gasteiger partial charge on any atom is 0.337 e. The number of benzene rings is 1. The van der Waals surface area contributed by atoms with Crippen LogP contribution in [0.25, 0.3) is 10.1 Å². The average Bonchev–Trinajstić information content (AvgIpc) is 2.73. The van der Waals surface area contributed by atoms with Gasteiger partial charge in [-0.2, -0.15) is 0 Å². The fourth-order valence-corrected chi connectivity index (χ4v) is 2.20. The summed E-state index contributed by atoms with van der Waals surface area (Å²) < 4.78 is 1.18. The van der Waals surface area contributed by atoms with E-state index in [9.17, 15) is 9.90 Å². The molecule has 0 spiro atoms. The summed E-state index contributed by atoms with van der Waals surface area (Å²) >= 11 is 1.65. The molecular weight excluding hydrogens is 238 g/mol. The number of anilines is 1. The third kappa shape index (κ3) is 2.57. The number of fused-ring (bicyclic) bond motifs is 1. The van der Waals surface area contributed by atoms with E-state index in [0.29, 0.717) is 0 Å². The number of hydrogen-bond acceptors (Lipinski definition) is 4. The molecule has 5 heteroatoms. The van der Waals surface area contributed by atoms with Gasteiger partial charge in [0.15, 0.2) is 5.60 Å². The SMILES string of the molecule is CC(O)(CNc1ccc2sccc2c1)C(=O)O. The van der Waals surface area contributed by atoms with Crippen LogP contribution in [-0.4, -0.2) is 28.3 Å². The van der Waals surface area contributed by atoms with E-state index >= 15 is 0 Å². The second kappa shape index (κ2) is 4.35. The summed E-state index contributed by atoms with van der Waals surface area (Å²) in [4.78, 5) is 10.7. The normalized spacial score (nSPS) is 14.5.